The SMILES string of the molecule is CC(C)C[C@H](NC(=O)CCCN1C(=O)C=CC1=O)C(=O)N[C@@H](CC(C)C)C(=O)N1CCN(C(=O)CNC(=S)Nc2ccc(NC(=O)CCCC[C@@H]3SC[C@@H]4NC(=O)N[C@@H]43)cc2)CC1. The molecule has 344 valence electrons. The number of imide groups is 1. The lowest BCUT2D eigenvalue weighted by molar-refractivity contribution is -0.142. The first-order chi connectivity index (χ1) is 30.1. The van der Waals surface area contributed by atoms with Gasteiger partial charge in [0.15, 0.2) is 5.11 Å². The van der Waals surface area contributed by atoms with Crippen LogP contribution in [0, 0.1) is 11.8 Å². The predicted molar refractivity (Wildman–Crippen MR) is 244 cm³/mol. The van der Waals surface area contributed by atoms with Crippen LogP contribution in [0.1, 0.15) is 79.1 Å². The van der Waals surface area contributed by atoms with Crippen LogP contribution in [0.5, 0.6) is 0 Å². The normalized spacial score (nSPS) is 20.3. The summed E-state index contributed by atoms with van der Waals surface area (Å²) in [7, 11) is 0. The molecule has 1 aromatic rings. The summed E-state index contributed by atoms with van der Waals surface area (Å²) in [6, 6.07) is 5.65. The van der Waals surface area contributed by atoms with Gasteiger partial charge in [0, 0.05) is 80.1 Å². The number of unbranched alkanes of at least 4 members (excludes halogenated alkanes) is 1. The Morgan fingerprint density at radius 2 is 1.37 bits per heavy atom. The van der Waals surface area contributed by atoms with Crippen molar-refractivity contribution in [2.45, 2.75) is 108 Å². The van der Waals surface area contributed by atoms with Gasteiger partial charge in [-0.2, -0.15) is 11.8 Å². The van der Waals surface area contributed by atoms with Gasteiger partial charge < -0.3 is 47.0 Å². The molecule has 63 heavy (non-hydrogen) atoms. The summed E-state index contributed by atoms with van der Waals surface area (Å²) in [6.45, 7) is 8.97. The molecular formula is C43H62N10O8S2. The molecular weight excluding hydrogens is 849 g/mol. The van der Waals surface area contributed by atoms with Gasteiger partial charge in [-0.25, -0.2) is 4.79 Å². The van der Waals surface area contributed by atoms with Crippen molar-refractivity contribution in [2.75, 3.05) is 55.7 Å². The van der Waals surface area contributed by atoms with Gasteiger partial charge in [-0.15, -0.1) is 0 Å². The molecule has 9 amide bonds. The van der Waals surface area contributed by atoms with Crippen LogP contribution in [-0.4, -0.2) is 142 Å². The van der Waals surface area contributed by atoms with Crippen LogP contribution in [0.4, 0.5) is 16.2 Å². The third kappa shape index (κ3) is 14.9. The Hall–Kier alpha value is -5.24. The van der Waals surface area contributed by atoms with E-state index in [9.17, 15) is 38.4 Å². The monoisotopic (exact) mass is 910 g/mol. The van der Waals surface area contributed by atoms with E-state index in [2.05, 4.69) is 37.2 Å². The molecule has 3 fully saturated rings. The fourth-order valence-electron chi connectivity index (χ4n) is 7.96. The van der Waals surface area contributed by atoms with E-state index in [1.54, 1.807) is 34.1 Å². The standard InChI is InChI=1S/C43H62N10O8S2/c1-26(2)22-30(47-35(55)10-7-17-53-36(56)15-16-37(53)57)40(59)48-31(23-27(3)4)41(60)52-20-18-51(19-21-52)38(58)24-44-43(62)46-29-13-11-28(12-14-29)45-34(54)9-6-5-8-33-39-32(25-63-33)49-42(61)50-39/h11-16,26-27,30-33,39H,5-10,17-25H2,1-4H3,(H,45,54)(H,47,55)(H,48,59)(H2,44,46,62)(H2,49,50,61)/t30-,31-,32-,33-,39-/m0/s1. The summed E-state index contributed by atoms with van der Waals surface area (Å²) in [5.41, 5.74) is 1.33. The highest BCUT2D eigenvalue weighted by Gasteiger charge is 2.42. The lowest BCUT2D eigenvalue weighted by Crippen LogP contribution is -2.58. The van der Waals surface area contributed by atoms with Crippen LogP contribution in [-0.2, 0) is 33.6 Å². The minimum Gasteiger partial charge on any atom is -0.353 e. The van der Waals surface area contributed by atoms with E-state index in [1.807, 2.05) is 39.5 Å². The number of anilines is 2. The molecule has 3 saturated heterocycles. The Balaban J connectivity index is 0.989. The Labute approximate surface area is 378 Å². The summed E-state index contributed by atoms with van der Waals surface area (Å²) in [4.78, 5) is 106. The van der Waals surface area contributed by atoms with Gasteiger partial charge in [-0.1, -0.05) is 34.1 Å². The van der Waals surface area contributed by atoms with Crippen LogP contribution in [0.2, 0.25) is 0 Å². The number of fused-ring (bicyclic) bond motifs is 1. The van der Waals surface area contributed by atoms with Crippen LogP contribution in [0.25, 0.3) is 0 Å². The summed E-state index contributed by atoms with van der Waals surface area (Å²) < 4.78 is 0. The lowest BCUT2D eigenvalue weighted by atomic mass is 9.99. The van der Waals surface area contributed by atoms with Crippen molar-refractivity contribution in [3.05, 3.63) is 36.4 Å². The van der Waals surface area contributed by atoms with Gasteiger partial charge in [0.25, 0.3) is 11.8 Å². The minimum atomic E-state index is -0.884. The molecule has 5 rings (SSSR count). The number of thioether (sulfide) groups is 1. The van der Waals surface area contributed by atoms with Gasteiger partial charge in [0.05, 0.1) is 18.6 Å². The third-order valence-electron chi connectivity index (χ3n) is 11.2. The molecule has 4 heterocycles. The number of carbonyl (C=O) groups is 8. The van der Waals surface area contributed by atoms with Gasteiger partial charge in [-0.3, -0.25) is 38.5 Å². The number of carbonyl (C=O) groups excluding carboxylic acids is 8. The maximum absolute atomic E-state index is 13.8. The molecule has 0 aromatic heterocycles. The zero-order valence-corrected chi connectivity index (χ0v) is 38.2. The average Bonchev–Trinajstić information content (AvgIpc) is 3.90. The van der Waals surface area contributed by atoms with E-state index in [-0.39, 0.29) is 91.8 Å². The molecule has 1 aromatic carbocycles. The molecule has 20 heteroatoms. The van der Waals surface area contributed by atoms with E-state index in [0.717, 1.165) is 29.9 Å². The lowest BCUT2D eigenvalue weighted by Gasteiger charge is -2.37. The van der Waals surface area contributed by atoms with Gasteiger partial charge >= 0.3 is 6.03 Å². The first kappa shape index (κ1) is 48.8. The number of thiocarbonyl (C=S) groups is 1. The second kappa shape index (κ2) is 23.4. The topological polar surface area (TPSA) is 230 Å². The van der Waals surface area contributed by atoms with Crippen molar-refractivity contribution >= 4 is 87.8 Å². The Morgan fingerprint density at radius 1 is 0.762 bits per heavy atom. The molecule has 0 saturated carbocycles. The van der Waals surface area contributed by atoms with E-state index in [4.69, 9.17) is 12.2 Å². The third-order valence-corrected chi connectivity index (χ3v) is 13.0. The fourth-order valence-corrected chi connectivity index (χ4v) is 9.69. The quantitative estimate of drug-likeness (QED) is 0.0407. The molecule has 0 bridgehead atoms. The van der Waals surface area contributed by atoms with E-state index < -0.39 is 35.7 Å². The van der Waals surface area contributed by atoms with Crippen LogP contribution in [0.15, 0.2) is 36.4 Å². The van der Waals surface area contributed by atoms with Crippen molar-refractivity contribution in [1.29, 1.82) is 0 Å². The van der Waals surface area contributed by atoms with Crippen molar-refractivity contribution in [3.63, 3.8) is 0 Å². The van der Waals surface area contributed by atoms with E-state index in [0.29, 0.717) is 49.0 Å². The highest BCUT2D eigenvalue weighted by atomic mass is 32.2. The van der Waals surface area contributed by atoms with Crippen molar-refractivity contribution in [1.82, 2.24) is 41.3 Å². The number of piperazine rings is 1. The second-order valence-electron chi connectivity index (χ2n) is 17.2. The second-order valence-corrected chi connectivity index (χ2v) is 18.9. The molecule has 18 nitrogen and oxygen atoms in total. The van der Waals surface area contributed by atoms with E-state index >= 15 is 0 Å². The Bertz CT molecular complexity index is 1870. The minimum absolute atomic E-state index is 0.0102. The smallest absolute Gasteiger partial charge is 0.315 e. The summed E-state index contributed by atoms with van der Waals surface area (Å²) in [5, 5.41) is 21.2. The zero-order valence-electron chi connectivity index (χ0n) is 36.5. The number of amides is 9. The van der Waals surface area contributed by atoms with Crippen molar-refractivity contribution in [3.8, 4) is 0 Å². The molecule has 5 atom stereocenters. The number of nitrogens with zero attached hydrogens (tertiary/aromatic N) is 3. The number of urea groups is 1. The van der Waals surface area contributed by atoms with Crippen molar-refractivity contribution < 1.29 is 38.4 Å². The number of hydrogen-bond acceptors (Lipinski definition) is 10. The van der Waals surface area contributed by atoms with Crippen LogP contribution < -0.4 is 37.2 Å². The molecule has 4 aliphatic heterocycles. The van der Waals surface area contributed by atoms with Crippen molar-refractivity contribution in [2.24, 2.45) is 11.8 Å². The Morgan fingerprint density at radius 3 is 2.02 bits per heavy atom. The first-order valence-corrected chi connectivity index (χ1v) is 23.3. The number of rotatable bonds is 21. The number of benzene rings is 1. The maximum Gasteiger partial charge on any atom is 0.315 e. The first-order valence-electron chi connectivity index (χ1n) is 21.9. The highest BCUT2D eigenvalue weighted by Crippen LogP contribution is 2.33. The zero-order chi connectivity index (χ0) is 45.6. The number of hydrogen-bond donors (Lipinski definition) is 7. The predicted octanol–water partition coefficient (Wildman–Crippen LogP) is 2.08. The molecule has 0 spiro atoms. The van der Waals surface area contributed by atoms with Crippen LogP contribution >= 0.6 is 24.0 Å². The molecule has 0 radical (unpaired) electrons. The molecule has 7 N–H and O–H groups in total. The van der Waals surface area contributed by atoms with Crippen LogP contribution in [0.3, 0.4) is 0 Å². The summed E-state index contributed by atoms with van der Waals surface area (Å²) in [6.07, 6.45) is 6.37. The van der Waals surface area contributed by atoms with Gasteiger partial charge in [-0.05, 0) is 80.4 Å². The number of nitrogens with one attached hydrogen (secondary N) is 7. The van der Waals surface area contributed by atoms with E-state index in [1.165, 1.54) is 12.2 Å². The summed E-state index contributed by atoms with van der Waals surface area (Å²) in [5.74, 6) is -1.16. The Kier molecular flexibility index (Phi) is 18.2. The highest BCUT2D eigenvalue weighted by molar-refractivity contribution is 8.00. The maximum atomic E-state index is 13.8. The van der Waals surface area contributed by atoms with Gasteiger partial charge in [0.1, 0.15) is 12.1 Å². The van der Waals surface area contributed by atoms with Gasteiger partial charge in [0.2, 0.25) is 29.5 Å². The molecule has 0 aliphatic carbocycles. The largest absolute Gasteiger partial charge is 0.353 e. The summed E-state index contributed by atoms with van der Waals surface area (Å²) >= 11 is 7.29. The fraction of sp³-hybridized carbons (Fsp3) is 0.605. The molecule has 4 aliphatic rings. The molecule has 0 unspecified atom stereocenters. The average molecular weight is 911 g/mol.